The maximum atomic E-state index is 12.6. The molecule has 0 spiro atoms. The maximum absolute atomic E-state index is 12.6. The first-order chi connectivity index (χ1) is 9.84. The predicted octanol–water partition coefficient (Wildman–Crippen LogP) is 2.81. The van der Waals surface area contributed by atoms with Gasteiger partial charge in [0.2, 0.25) is 0 Å². The molecule has 1 aliphatic rings. The molecule has 1 atom stereocenters. The van der Waals surface area contributed by atoms with Gasteiger partial charge in [0.05, 0.1) is 11.0 Å². The number of aromatic nitrogens is 1. The summed E-state index contributed by atoms with van der Waals surface area (Å²) in [6, 6.07) is 3.45. The molecule has 0 bridgehead atoms. The number of piperidine rings is 1. The van der Waals surface area contributed by atoms with Gasteiger partial charge in [-0.3, -0.25) is 9.59 Å². The van der Waals surface area contributed by atoms with Crippen LogP contribution in [0.4, 0.5) is 0 Å². The minimum atomic E-state index is -0.828. The van der Waals surface area contributed by atoms with Crippen LogP contribution in [0.2, 0.25) is 0 Å². The number of aliphatic carboxylic acids is 1. The Morgan fingerprint density at radius 2 is 2.19 bits per heavy atom. The molecular weight excluding hydrogens is 336 g/mol. The van der Waals surface area contributed by atoms with Crippen LogP contribution in [0.1, 0.15) is 37.0 Å². The first-order valence-corrected chi connectivity index (χ1v) is 7.76. The minimum Gasteiger partial charge on any atom is -0.481 e. The molecule has 1 N–H and O–H groups in total. The molecule has 21 heavy (non-hydrogen) atoms. The lowest BCUT2D eigenvalue weighted by Crippen LogP contribution is -2.47. The lowest BCUT2D eigenvalue weighted by molar-refractivity contribution is -0.151. The molecule has 2 heterocycles. The highest BCUT2D eigenvalue weighted by Crippen LogP contribution is 2.34. The number of nitrogens with zero attached hydrogens (tertiary/aromatic N) is 2. The third kappa shape index (κ3) is 3.26. The summed E-state index contributed by atoms with van der Waals surface area (Å²) in [4.78, 5) is 29.8. The molecule has 1 aliphatic heterocycles. The van der Waals surface area contributed by atoms with E-state index in [0.717, 1.165) is 12.8 Å². The highest BCUT2D eigenvalue weighted by molar-refractivity contribution is 9.10. The molecule has 2 rings (SSSR count). The lowest BCUT2D eigenvalue weighted by Gasteiger charge is -2.39. The molecule has 1 saturated heterocycles. The van der Waals surface area contributed by atoms with Crippen LogP contribution in [0.15, 0.2) is 22.9 Å². The largest absolute Gasteiger partial charge is 0.481 e. The van der Waals surface area contributed by atoms with Crippen LogP contribution in [-0.4, -0.2) is 40.0 Å². The van der Waals surface area contributed by atoms with Gasteiger partial charge in [-0.15, -0.1) is 0 Å². The van der Waals surface area contributed by atoms with E-state index in [9.17, 15) is 14.7 Å². The summed E-state index contributed by atoms with van der Waals surface area (Å²) < 4.78 is 0.523. The Morgan fingerprint density at radius 1 is 1.48 bits per heavy atom. The Kier molecular flexibility index (Phi) is 4.66. The van der Waals surface area contributed by atoms with Gasteiger partial charge in [-0.05, 0) is 60.7 Å². The van der Waals surface area contributed by atoms with Crippen molar-refractivity contribution < 1.29 is 14.7 Å². The van der Waals surface area contributed by atoms with Gasteiger partial charge in [-0.25, -0.2) is 4.98 Å². The van der Waals surface area contributed by atoms with E-state index in [0.29, 0.717) is 23.3 Å². The summed E-state index contributed by atoms with van der Waals surface area (Å²) in [6.45, 7) is 4.59. The number of carboxylic acid groups (broad SMARTS) is 1. The van der Waals surface area contributed by atoms with Crippen molar-refractivity contribution in [3.8, 4) is 0 Å². The van der Waals surface area contributed by atoms with E-state index in [1.165, 1.54) is 0 Å². The van der Waals surface area contributed by atoms with Crippen molar-refractivity contribution >= 4 is 27.8 Å². The van der Waals surface area contributed by atoms with Crippen LogP contribution >= 0.6 is 15.9 Å². The van der Waals surface area contributed by atoms with Gasteiger partial charge in [-0.2, -0.15) is 0 Å². The molecule has 1 aromatic rings. The number of pyridine rings is 1. The number of halogens is 1. The summed E-state index contributed by atoms with van der Waals surface area (Å²) in [6.07, 6.45) is 3.27. The van der Waals surface area contributed by atoms with E-state index >= 15 is 0 Å². The second-order valence-corrected chi connectivity index (χ2v) is 6.71. The summed E-state index contributed by atoms with van der Waals surface area (Å²) in [5, 5.41) is 9.36. The molecule has 1 aromatic heterocycles. The molecule has 0 aromatic carbocycles. The molecular formula is C15H19BrN2O3. The minimum absolute atomic E-state index is 0.0388. The molecule has 5 nitrogen and oxygen atoms in total. The topological polar surface area (TPSA) is 70.5 Å². The normalized spacial score (nSPS) is 19.4. The first-order valence-electron chi connectivity index (χ1n) is 6.97. The van der Waals surface area contributed by atoms with Crippen LogP contribution in [-0.2, 0) is 4.79 Å². The summed E-state index contributed by atoms with van der Waals surface area (Å²) >= 11 is 3.29. The predicted molar refractivity (Wildman–Crippen MR) is 82.0 cm³/mol. The van der Waals surface area contributed by atoms with E-state index in [-0.39, 0.29) is 11.8 Å². The number of rotatable bonds is 3. The van der Waals surface area contributed by atoms with Crippen molar-refractivity contribution in [2.45, 2.75) is 26.7 Å². The Labute approximate surface area is 132 Å². The number of likely N-dealkylation sites (tertiary alicyclic amines) is 1. The number of hydrogen-bond donors (Lipinski definition) is 1. The van der Waals surface area contributed by atoms with Gasteiger partial charge < -0.3 is 10.0 Å². The van der Waals surface area contributed by atoms with E-state index in [2.05, 4.69) is 20.9 Å². The van der Waals surface area contributed by atoms with Crippen LogP contribution in [0.5, 0.6) is 0 Å². The maximum Gasteiger partial charge on any atom is 0.309 e. The highest BCUT2D eigenvalue weighted by atomic mass is 79.9. The molecule has 1 amide bonds. The summed E-state index contributed by atoms with van der Waals surface area (Å²) in [7, 11) is 0. The zero-order chi connectivity index (χ0) is 15.6. The zero-order valence-corrected chi connectivity index (χ0v) is 13.8. The molecule has 1 unspecified atom stereocenters. The van der Waals surface area contributed by atoms with E-state index in [1.54, 1.807) is 37.1 Å². The lowest BCUT2D eigenvalue weighted by atomic mass is 9.74. The molecule has 114 valence electrons. The van der Waals surface area contributed by atoms with Crippen molar-refractivity contribution in [2.24, 2.45) is 11.3 Å². The highest BCUT2D eigenvalue weighted by Gasteiger charge is 2.40. The van der Waals surface area contributed by atoms with Gasteiger partial charge in [-0.1, -0.05) is 0 Å². The van der Waals surface area contributed by atoms with E-state index < -0.39 is 11.4 Å². The van der Waals surface area contributed by atoms with Gasteiger partial charge in [0.15, 0.2) is 0 Å². The molecule has 1 fully saturated rings. The number of carboxylic acids is 1. The fraction of sp³-hybridized carbons (Fsp3) is 0.533. The van der Waals surface area contributed by atoms with Crippen LogP contribution in [0.3, 0.4) is 0 Å². The molecule has 6 heteroatoms. The van der Waals surface area contributed by atoms with Crippen LogP contribution in [0.25, 0.3) is 0 Å². The fourth-order valence-electron chi connectivity index (χ4n) is 2.64. The number of amides is 1. The third-order valence-electron chi connectivity index (χ3n) is 4.27. The van der Waals surface area contributed by atoms with Gasteiger partial charge in [0.25, 0.3) is 5.91 Å². The van der Waals surface area contributed by atoms with Crippen LogP contribution < -0.4 is 0 Å². The average molecular weight is 355 g/mol. The standard InChI is InChI=1S/C15H19BrN2O3/c1-15(2,14(20)21)10-5-4-8-18(9-10)13(19)11-6-3-7-17-12(11)16/h3,6-7,10H,4-5,8-9H2,1-2H3,(H,20,21). The van der Waals surface area contributed by atoms with E-state index in [4.69, 9.17) is 0 Å². The summed E-state index contributed by atoms with van der Waals surface area (Å²) in [5.74, 6) is -0.951. The van der Waals surface area contributed by atoms with Gasteiger partial charge >= 0.3 is 5.97 Å². The van der Waals surface area contributed by atoms with E-state index in [1.807, 2.05) is 0 Å². The van der Waals surface area contributed by atoms with Crippen molar-refractivity contribution in [3.63, 3.8) is 0 Å². The fourth-order valence-corrected chi connectivity index (χ4v) is 3.06. The third-order valence-corrected chi connectivity index (χ3v) is 4.90. The Morgan fingerprint density at radius 3 is 2.81 bits per heavy atom. The van der Waals surface area contributed by atoms with Gasteiger partial charge in [0.1, 0.15) is 4.60 Å². The monoisotopic (exact) mass is 354 g/mol. The van der Waals surface area contributed by atoms with Crippen molar-refractivity contribution in [1.29, 1.82) is 0 Å². The van der Waals surface area contributed by atoms with Gasteiger partial charge in [0, 0.05) is 19.3 Å². The Bertz CT molecular complexity index is 560. The average Bonchev–Trinajstić information content (AvgIpc) is 2.47. The Balaban J connectivity index is 2.17. The number of carbonyl (C=O) groups excluding carboxylic acids is 1. The zero-order valence-electron chi connectivity index (χ0n) is 12.2. The second-order valence-electron chi connectivity index (χ2n) is 5.96. The Hall–Kier alpha value is -1.43. The number of hydrogen-bond acceptors (Lipinski definition) is 3. The SMILES string of the molecule is CC(C)(C(=O)O)C1CCCN(C(=O)c2cccnc2Br)C1. The van der Waals surface area contributed by atoms with Crippen molar-refractivity contribution in [3.05, 3.63) is 28.5 Å². The van der Waals surface area contributed by atoms with Crippen molar-refractivity contribution in [2.75, 3.05) is 13.1 Å². The smallest absolute Gasteiger partial charge is 0.309 e. The molecule has 0 aliphatic carbocycles. The summed E-state index contributed by atoms with van der Waals surface area (Å²) in [5.41, 5.74) is -0.309. The number of carbonyl (C=O) groups is 2. The first kappa shape index (κ1) is 15.9. The molecule has 0 radical (unpaired) electrons. The van der Waals surface area contributed by atoms with Crippen LogP contribution in [0, 0.1) is 11.3 Å². The molecule has 0 saturated carbocycles. The quantitative estimate of drug-likeness (QED) is 0.847. The van der Waals surface area contributed by atoms with Crippen molar-refractivity contribution in [1.82, 2.24) is 9.88 Å². The second kappa shape index (κ2) is 6.13.